The Hall–Kier alpha value is -3.94. The summed E-state index contributed by atoms with van der Waals surface area (Å²) in [7, 11) is 1.53. The smallest absolute Gasteiger partial charge is 0.336 e. The Kier molecular flexibility index (Phi) is 4.38. The predicted molar refractivity (Wildman–Crippen MR) is 106 cm³/mol. The monoisotopic (exact) mass is 392 g/mol. The zero-order chi connectivity index (χ0) is 20.7. The highest BCUT2D eigenvalue weighted by atomic mass is 16.5. The van der Waals surface area contributed by atoms with Crippen molar-refractivity contribution >= 4 is 34.2 Å². The zero-order valence-corrected chi connectivity index (χ0v) is 15.9. The van der Waals surface area contributed by atoms with Gasteiger partial charge in [-0.25, -0.2) is 4.79 Å². The molecule has 8 nitrogen and oxygen atoms in total. The van der Waals surface area contributed by atoms with Crippen molar-refractivity contribution in [2.75, 3.05) is 12.1 Å². The van der Waals surface area contributed by atoms with Gasteiger partial charge in [0.2, 0.25) is 5.91 Å². The number of hydrazone groups is 1. The van der Waals surface area contributed by atoms with Gasteiger partial charge in [-0.15, -0.1) is 5.10 Å². The molecule has 146 valence electrons. The molecule has 0 atom stereocenters. The maximum atomic E-state index is 12.9. The topological polar surface area (TPSA) is 98.4 Å². The van der Waals surface area contributed by atoms with Gasteiger partial charge in [0.1, 0.15) is 17.1 Å². The minimum absolute atomic E-state index is 0.111. The number of anilines is 1. The van der Waals surface area contributed by atoms with Crippen LogP contribution in [0.3, 0.4) is 0 Å². The Bertz CT molecular complexity index is 1240. The summed E-state index contributed by atoms with van der Waals surface area (Å²) < 4.78 is 15.9. The van der Waals surface area contributed by atoms with E-state index in [4.69, 9.17) is 13.9 Å². The summed E-state index contributed by atoms with van der Waals surface area (Å²) in [5.74, 6) is -0.445. The Morgan fingerprint density at radius 3 is 2.48 bits per heavy atom. The average Bonchev–Trinajstić information content (AvgIpc) is 3.02. The van der Waals surface area contributed by atoms with Crippen molar-refractivity contribution in [3.05, 3.63) is 64.0 Å². The van der Waals surface area contributed by atoms with Crippen molar-refractivity contribution in [3.63, 3.8) is 0 Å². The second-order valence-electron chi connectivity index (χ2n) is 6.43. The third kappa shape index (κ3) is 3.14. The van der Waals surface area contributed by atoms with E-state index in [-0.39, 0.29) is 22.8 Å². The standard InChI is InChI=1S/C21H16N2O6/c1-11-10-17(25)29-20-15(11)8-9-16-18(20)19(26)21(28-16)22-23(12(2)24)13-4-6-14(27-3)7-5-13/h4-10H,1-3H3/b22-21-. The summed E-state index contributed by atoms with van der Waals surface area (Å²) in [5, 5.41) is 5.80. The first-order valence-corrected chi connectivity index (χ1v) is 8.72. The number of ketones is 1. The van der Waals surface area contributed by atoms with Crippen LogP contribution in [-0.4, -0.2) is 24.7 Å². The summed E-state index contributed by atoms with van der Waals surface area (Å²) in [6, 6.07) is 11.3. The van der Waals surface area contributed by atoms with Gasteiger partial charge in [0.25, 0.3) is 11.7 Å². The summed E-state index contributed by atoms with van der Waals surface area (Å²) in [6.45, 7) is 3.07. The largest absolute Gasteiger partial charge is 0.497 e. The van der Waals surface area contributed by atoms with Gasteiger partial charge in [-0.2, -0.15) is 5.01 Å². The van der Waals surface area contributed by atoms with E-state index in [1.54, 1.807) is 43.3 Å². The number of carbonyl (C=O) groups is 2. The van der Waals surface area contributed by atoms with Crippen molar-refractivity contribution in [1.82, 2.24) is 0 Å². The number of amides is 1. The number of Topliss-reactive ketones (excluding diaryl/α,β-unsaturated/α-hetero) is 1. The molecule has 0 spiro atoms. The first-order valence-electron chi connectivity index (χ1n) is 8.72. The summed E-state index contributed by atoms with van der Waals surface area (Å²) in [6.07, 6.45) is 0. The van der Waals surface area contributed by atoms with Crippen molar-refractivity contribution in [1.29, 1.82) is 0 Å². The van der Waals surface area contributed by atoms with Gasteiger partial charge in [-0.1, -0.05) is 0 Å². The lowest BCUT2D eigenvalue weighted by Crippen LogP contribution is -2.27. The van der Waals surface area contributed by atoms with Gasteiger partial charge in [-0.05, 0) is 48.9 Å². The number of ether oxygens (including phenoxy) is 2. The lowest BCUT2D eigenvalue weighted by atomic mass is 10.0. The number of aryl methyl sites for hydroxylation is 1. The normalized spacial score (nSPS) is 14.0. The van der Waals surface area contributed by atoms with Crippen LogP contribution < -0.4 is 20.1 Å². The molecule has 0 saturated carbocycles. The highest BCUT2D eigenvalue weighted by molar-refractivity contribution is 6.48. The number of methoxy groups -OCH3 is 1. The average molecular weight is 392 g/mol. The lowest BCUT2D eigenvalue weighted by Gasteiger charge is -2.15. The second kappa shape index (κ2) is 6.90. The summed E-state index contributed by atoms with van der Waals surface area (Å²) in [4.78, 5) is 36.9. The molecule has 4 rings (SSSR count). The maximum Gasteiger partial charge on any atom is 0.336 e. The Morgan fingerprint density at radius 1 is 1.10 bits per heavy atom. The molecule has 2 heterocycles. The number of carbonyl (C=O) groups excluding carboxylic acids is 2. The third-order valence-corrected chi connectivity index (χ3v) is 4.52. The van der Waals surface area contributed by atoms with E-state index in [2.05, 4.69) is 5.10 Å². The van der Waals surface area contributed by atoms with Crippen LogP contribution in [0.15, 0.2) is 56.8 Å². The molecule has 0 saturated heterocycles. The van der Waals surface area contributed by atoms with Crippen LogP contribution in [0.1, 0.15) is 22.8 Å². The van der Waals surface area contributed by atoms with Crippen molar-refractivity contribution in [2.45, 2.75) is 13.8 Å². The van der Waals surface area contributed by atoms with Crippen LogP contribution in [0, 0.1) is 6.92 Å². The molecular formula is C21H16N2O6. The number of hydrogen-bond donors (Lipinski definition) is 0. The van der Waals surface area contributed by atoms with Crippen LogP contribution in [0.25, 0.3) is 11.0 Å². The number of nitrogens with zero attached hydrogens (tertiary/aromatic N) is 2. The quantitative estimate of drug-likeness (QED) is 0.502. The van der Waals surface area contributed by atoms with E-state index in [0.29, 0.717) is 22.4 Å². The number of hydrogen-bond acceptors (Lipinski definition) is 7. The fourth-order valence-electron chi connectivity index (χ4n) is 3.11. The molecule has 3 aromatic rings. The van der Waals surface area contributed by atoms with E-state index in [1.165, 1.54) is 20.1 Å². The molecule has 0 radical (unpaired) electrons. The molecule has 2 aromatic carbocycles. The van der Waals surface area contributed by atoms with Gasteiger partial charge in [-0.3, -0.25) is 9.59 Å². The lowest BCUT2D eigenvalue weighted by molar-refractivity contribution is -0.116. The van der Waals surface area contributed by atoms with Gasteiger partial charge < -0.3 is 13.9 Å². The fourth-order valence-corrected chi connectivity index (χ4v) is 3.11. The minimum Gasteiger partial charge on any atom is -0.497 e. The van der Waals surface area contributed by atoms with E-state index in [0.717, 1.165) is 5.01 Å². The molecule has 8 heteroatoms. The van der Waals surface area contributed by atoms with Crippen molar-refractivity contribution in [2.24, 2.45) is 5.10 Å². The first kappa shape index (κ1) is 18.4. The summed E-state index contributed by atoms with van der Waals surface area (Å²) >= 11 is 0. The van der Waals surface area contributed by atoms with Gasteiger partial charge in [0.15, 0.2) is 5.58 Å². The number of fused-ring (bicyclic) bond motifs is 3. The molecule has 1 aliphatic heterocycles. The van der Waals surface area contributed by atoms with Gasteiger partial charge in [0.05, 0.1) is 12.8 Å². The Labute approximate surface area is 164 Å². The molecule has 29 heavy (non-hydrogen) atoms. The first-order chi connectivity index (χ1) is 13.9. The second-order valence-corrected chi connectivity index (χ2v) is 6.43. The highest BCUT2D eigenvalue weighted by Crippen LogP contribution is 2.34. The van der Waals surface area contributed by atoms with Gasteiger partial charge >= 0.3 is 5.63 Å². The van der Waals surface area contributed by atoms with Crippen LogP contribution in [0.5, 0.6) is 11.5 Å². The van der Waals surface area contributed by atoms with Crippen LogP contribution in [-0.2, 0) is 4.79 Å². The molecule has 1 aliphatic rings. The zero-order valence-electron chi connectivity index (χ0n) is 15.9. The van der Waals surface area contributed by atoms with Crippen LogP contribution in [0.4, 0.5) is 5.69 Å². The third-order valence-electron chi connectivity index (χ3n) is 4.52. The minimum atomic E-state index is -0.570. The maximum absolute atomic E-state index is 12.9. The van der Waals surface area contributed by atoms with Crippen LogP contribution >= 0.6 is 0 Å². The molecular weight excluding hydrogens is 376 g/mol. The predicted octanol–water partition coefficient (Wildman–Crippen LogP) is 3.05. The Balaban J connectivity index is 1.79. The molecule has 1 aromatic heterocycles. The van der Waals surface area contributed by atoms with Crippen LogP contribution in [0.2, 0.25) is 0 Å². The van der Waals surface area contributed by atoms with Gasteiger partial charge in [0, 0.05) is 18.4 Å². The molecule has 1 amide bonds. The highest BCUT2D eigenvalue weighted by Gasteiger charge is 2.34. The number of rotatable bonds is 3. The van der Waals surface area contributed by atoms with E-state index >= 15 is 0 Å². The van der Waals surface area contributed by atoms with E-state index in [1.807, 2.05) is 0 Å². The molecule has 0 N–H and O–H groups in total. The van der Waals surface area contributed by atoms with Crippen molar-refractivity contribution in [3.8, 4) is 11.5 Å². The molecule has 0 fully saturated rings. The number of benzene rings is 2. The summed E-state index contributed by atoms with van der Waals surface area (Å²) in [5.41, 5.74) is 0.804. The molecule has 0 bridgehead atoms. The molecule has 0 unspecified atom stereocenters. The van der Waals surface area contributed by atoms with E-state index < -0.39 is 17.3 Å². The van der Waals surface area contributed by atoms with Crippen molar-refractivity contribution < 1.29 is 23.5 Å². The SMILES string of the molecule is COc1ccc(N(/N=C2\Oc3ccc4c(C)cc(=O)oc4c3C2=O)C(C)=O)cc1. The fraction of sp³-hybridized carbons (Fsp3) is 0.143. The van der Waals surface area contributed by atoms with E-state index in [9.17, 15) is 14.4 Å². The molecule has 0 aliphatic carbocycles. The Morgan fingerprint density at radius 2 is 1.83 bits per heavy atom.